The Kier molecular flexibility index (Phi) is 5.07. The summed E-state index contributed by atoms with van der Waals surface area (Å²) in [5.41, 5.74) is 0.444. The SMILES string of the molecule is O=C(NCC(F)(F)F)C1CCN(c2ccccc2[N+](=O)[O-])CC1. The fourth-order valence-electron chi connectivity index (χ4n) is 2.60. The summed E-state index contributed by atoms with van der Waals surface area (Å²) < 4.78 is 36.3. The van der Waals surface area contributed by atoms with E-state index in [9.17, 15) is 28.1 Å². The number of hydrogen-bond donors (Lipinski definition) is 1. The van der Waals surface area contributed by atoms with E-state index in [0.29, 0.717) is 31.6 Å². The van der Waals surface area contributed by atoms with E-state index < -0.39 is 29.5 Å². The second-order valence-corrected chi connectivity index (χ2v) is 5.34. The van der Waals surface area contributed by atoms with Crippen LogP contribution in [0.2, 0.25) is 0 Å². The van der Waals surface area contributed by atoms with Crippen molar-refractivity contribution in [1.82, 2.24) is 5.32 Å². The molecule has 1 N–H and O–H groups in total. The molecular formula is C14H16F3N3O3. The molecule has 1 aliphatic rings. The largest absolute Gasteiger partial charge is 0.405 e. The second kappa shape index (κ2) is 6.84. The van der Waals surface area contributed by atoms with Gasteiger partial charge in [-0.25, -0.2) is 0 Å². The van der Waals surface area contributed by atoms with E-state index in [1.807, 2.05) is 5.32 Å². The molecule has 1 aromatic rings. The van der Waals surface area contributed by atoms with Crippen LogP contribution >= 0.6 is 0 Å². The molecule has 1 fully saturated rings. The molecule has 1 aliphatic heterocycles. The molecule has 1 heterocycles. The fourth-order valence-corrected chi connectivity index (χ4v) is 2.60. The molecule has 0 aliphatic carbocycles. The van der Waals surface area contributed by atoms with Gasteiger partial charge in [0.15, 0.2) is 0 Å². The molecule has 126 valence electrons. The number of piperidine rings is 1. The zero-order valence-electron chi connectivity index (χ0n) is 12.2. The van der Waals surface area contributed by atoms with E-state index in [2.05, 4.69) is 0 Å². The number of rotatable bonds is 4. The topological polar surface area (TPSA) is 75.5 Å². The van der Waals surface area contributed by atoms with Crippen molar-refractivity contribution >= 4 is 17.3 Å². The van der Waals surface area contributed by atoms with Gasteiger partial charge in [-0.15, -0.1) is 0 Å². The van der Waals surface area contributed by atoms with E-state index in [4.69, 9.17) is 0 Å². The Balaban J connectivity index is 1.94. The molecular weight excluding hydrogens is 315 g/mol. The van der Waals surface area contributed by atoms with Gasteiger partial charge in [-0.3, -0.25) is 14.9 Å². The Hall–Kier alpha value is -2.32. The molecule has 6 nitrogen and oxygen atoms in total. The number of carbonyl (C=O) groups excluding carboxylic acids is 1. The average Bonchev–Trinajstić information content (AvgIpc) is 2.52. The highest BCUT2D eigenvalue weighted by Gasteiger charge is 2.31. The first-order valence-electron chi connectivity index (χ1n) is 7.11. The van der Waals surface area contributed by atoms with Gasteiger partial charge < -0.3 is 10.2 Å². The first-order valence-corrected chi connectivity index (χ1v) is 7.11. The first kappa shape index (κ1) is 17.0. The van der Waals surface area contributed by atoms with Crippen molar-refractivity contribution in [2.45, 2.75) is 19.0 Å². The summed E-state index contributed by atoms with van der Waals surface area (Å²) >= 11 is 0. The maximum atomic E-state index is 12.1. The Labute approximate surface area is 130 Å². The van der Waals surface area contributed by atoms with Crippen LogP contribution in [0.25, 0.3) is 0 Å². The van der Waals surface area contributed by atoms with Gasteiger partial charge in [0.1, 0.15) is 12.2 Å². The quantitative estimate of drug-likeness (QED) is 0.679. The molecule has 1 aromatic carbocycles. The van der Waals surface area contributed by atoms with Crippen LogP contribution in [-0.4, -0.2) is 36.6 Å². The zero-order valence-corrected chi connectivity index (χ0v) is 12.2. The normalized spacial score (nSPS) is 16.2. The fraction of sp³-hybridized carbons (Fsp3) is 0.500. The lowest BCUT2D eigenvalue weighted by molar-refractivity contribution is -0.384. The van der Waals surface area contributed by atoms with E-state index in [-0.39, 0.29) is 5.69 Å². The summed E-state index contributed by atoms with van der Waals surface area (Å²) in [7, 11) is 0. The van der Waals surface area contributed by atoms with Crippen LogP contribution < -0.4 is 10.2 Å². The number of nitrogens with zero attached hydrogens (tertiary/aromatic N) is 2. The Morgan fingerprint density at radius 1 is 1.30 bits per heavy atom. The van der Waals surface area contributed by atoms with Crippen molar-refractivity contribution < 1.29 is 22.9 Å². The second-order valence-electron chi connectivity index (χ2n) is 5.34. The number of alkyl halides is 3. The molecule has 1 amide bonds. The van der Waals surface area contributed by atoms with Gasteiger partial charge >= 0.3 is 6.18 Å². The molecule has 23 heavy (non-hydrogen) atoms. The van der Waals surface area contributed by atoms with Crippen LogP contribution in [0.15, 0.2) is 24.3 Å². The predicted octanol–water partition coefficient (Wildman–Crippen LogP) is 2.49. The highest BCUT2D eigenvalue weighted by molar-refractivity contribution is 5.79. The Morgan fingerprint density at radius 3 is 2.48 bits per heavy atom. The molecule has 9 heteroatoms. The standard InChI is InChI=1S/C14H16F3N3O3/c15-14(16,17)9-18-13(21)10-5-7-19(8-6-10)11-3-1-2-4-12(11)20(22)23/h1-4,10H,5-9H2,(H,18,21). The van der Waals surface area contributed by atoms with Crippen LogP contribution in [-0.2, 0) is 4.79 Å². The van der Waals surface area contributed by atoms with Gasteiger partial charge in [-0.05, 0) is 18.9 Å². The monoisotopic (exact) mass is 331 g/mol. The van der Waals surface area contributed by atoms with Gasteiger partial charge in [-0.2, -0.15) is 13.2 Å². The number of para-hydroxylation sites is 2. The maximum Gasteiger partial charge on any atom is 0.405 e. The summed E-state index contributed by atoms with van der Waals surface area (Å²) in [6, 6.07) is 6.28. The molecule has 2 rings (SSSR count). The van der Waals surface area contributed by atoms with Crippen molar-refractivity contribution in [2.75, 3.05) is 24.5 Å². The van der Waals surface area contributed by atoms with Gasteiger partial charge in [0.05, 0.1) is 4.92 Å². The van der Waals surface area contributed by atoms with Crippen LogP contribution in [0, 0.1) is 16.0 Å². The highest BCUT2D eigenvalue weighted by atomic mass is 19.4. The molecule has 0 bridgehead atoms. The summed E-state index contributed by atoms with van der Waals surface area (Å²) in [5, 5.41) is 12.9. The smallest absolute Gasteiger partial charge is 0.366 e. The van der Waals surface area contributed by atoms with Crippen LogP contribution in [0.5, 0.6) is 0 Å². The number of halogens is 3. The minimum Gasteiger partial charge on any atom is -0.366 e. The number of benzene rings is 1. The Morgan fingerprint density at radius 2 is 1.91 bits per heavy atom. The van der Waals surface area contributed by atoms with Crippen molar-refractivity contribution in [3.63, 3.8) is 0 Å². The summed E-state index contributed by atoms with van der Waals surface area (Å²) in [5.74, 6) is -1.12. The molecule has 0 radical (unpaired) electrons. The average molecular weight is 331 g/mol. The van der Waals surface area contributed by atoms with Crippen LogP contribution in [0.3, 0.4) is 0 Å². The molecule has 0 atom stereocenters. The highest BCUT2D eigenvalue weighted by Crippen LogP contribution is 2.31. The van der Waals surface area contributed by atoms with E-state index in [0.717, 1.165) is 0 Å². The number of nitro groups is 1. The first-order chi connectivity index (χ1) is 10.8. The Bertz CT molecular complexity index is 584. The predicted molar refractivity (Wildman–Crippen MR) is 77.1 cm³/mol. The number of nitrogens with one attached hydrogen (secondary N) is 1. The van der Waals surface area contributed by atoms with Gasteiger partial charge in [-0.1, -0.05) is 12.1 Å². The van der Waals surface area contributed by atoms with Gasteiger partial charge in [0, 0.05) is 25.1 Å². The van der Waals surface area contributed by atoms with Gasteiger partial charge in [0.25, 0.3) is 5.69 Å². The number of hydrogen-bond acceptors (Lipinski definition) is 4. The molecule has 0 spiro atoms. The zero-order chi connectivity index (χ0) is 17.0. The number of amides is 1. The maximum absolute atomic E-state index is 12.1. The molecule has 0 aromatic heterocycles. The lowest BCUT2D eigenvalue weighted by Gasteiger charge is -2.32. The van der Waals surface area contributed by atoms with Crippen molar-refractivity contribution in [3.05, 3.63) is 34.4 Å². The van der Waals surface area contributed by atoms with Crippen molar-refractivity contribution in [1.29, 1.82) is 0 Å². The number of nitro benzene ring substituents is 1. The van der Waals surface area contributed by atoms with E-state index in [1.165, 1.54) is 6.07 Å². The third kappa shape index (κ3) is 4.57. The molecule has 0 unspecified atom stereocenters. The number of anilines is 1. The molecule has 0 saturated carbocycles. The summed E-state index contributed by atoms with van der Waals surface area (Å²) in [6.07, 6.45) is -3.72. The van der Waals surface area contributed by atoms with Crippen LogP contribution in [0.1, 0.15) is 12.8 Å². The lowest BCUT2D eigenvalue weighted by atomic mass is 9.95. The van der Waals surface area contributed by atoms with E-state index >= 15 is 0 Å². The molecule has 1 saturated heterocycles. The van der Waals surface area contributed by atoms with Crippen molar-refractivity contribution in [2.24, 2.45) is 5.92 Å². The minimum absolute atomic E-state index is 0.0209. The van der Waals surface area contributed by atoms with Crippen molar-refractivity contribution in [3.8, 4) is 0 Å². The lowest BCUT2D eigenvalue weighted by Crippen LogP contribution is -2.43. The van der Waals surface area contributed by atoms with E-state index in [1.54, 1.807) is 23.1 Å². The third-order valence-electron chi connectivity index (χ3n) is 3.75. The summed E-state index contributed by atoms with van der Waals surface area (Å²) in [4.78, 5) is 24.1. The summed E-state index contributed by atoms with van der Waals surface area (Å²) in [6.45, 7) is -0.569. The third-order valence-corrected chi connectivity index (χ3v) is 3.75. The van der Waals surface area contributed by atoms with Crippen LogP contribution in [0.4, 0.5) is 24.5 Å². The number of carbonyl (C=O) groups is 1. The van der Waals surface area contributed by atoms with Gasteiger partial charge in [0.2, 0.25) is 5.91 Å². The minimum atomic E-state index is -4.43.